The van der Waals surface area contributed by atoms with Crippen LogP contribution in [-0.4, -0.2) is 34.6 Å². The molecule has 0 atom stereocenters. The number of hydrogen-bond acceptors (Lipinski definition) is 2. The van der Waals surface area contributed by atoms with Crippen molar-refractivity contribution in [2.75, 3.05) is 13.1 Å². The van der Waals surface area contributed by atoms with Gasteiger partial charge in [0.1, 0.15) is 5.54 Å². The smallest absolute Gasteiger partial charge is 0.324 e. The molecule has 0 aromatic carbocycles. The first-order valence-electron chi connectivity index (χ1n) is 6.05. The Morgan fingerprint density at radius 2 is 1.80 bits per heavy atom. The van der Waals surface area contributed by atoms with E-state index in [-0.39, 0.29) is 0 Å². The molecule has 1 aliphatic rings. The molecule has 1 saturated heterocycles. The molecule has 1 rings (SSSR count). The van der Waals surface area contributed by atoms with E-state index in [9.17, 15) is 9.90 Å². The topological polar surface area (TPSA) is 40.5 Å². The van der Waals surface area contributed by atoms with Crippen LogP contribution >= 0.6 is 0 Å². The maximum Gasteiger partial charge on any atom is 0.324 e. The summed E-state index contributed by atoms with van der Waals surface area (Å²) in [5.41, 5.74) is -0.611. The van der Waals surface area contributed by atoms with Gasteiger partial charge in [-0.15, -0.1) is 0 Å². The molecule has 0 spiro atoms. The molecule has 1 aliphatic heterocycles. The monoisotopic (exact) mass is 213 g/mol. The summed E-state index contributed by atoms with van der Waals surface area (Å²) in [6.45, 7) is 8.09. The largest absolute Gasteiger partial charge is 0.480 e. The zero-order chi connectivity index (χ0) is 11.5. The van der Waals surface area contributed by atoms with Gasteiger partial charge in [-0.3, -0.25) is 9.69 Å². The van der Waals surface area contributed by atoms with Gasteiger partial charge in [-0.25, -0.2) is 0 Å². The molecule has 3 nitrogen and oxygen atoms in total. The standard InChI is InChI=1S/C12H23NO2/c1-4-12(5-2,11(14)15)13-8-6-10(3)7-9-13/h10H,4-9H2,1-3H3,(H,14,15). The van der Waals surface area contributed by atoms with E-state index in [1.165, 1.54) is 0 Å². The Bertz CT molecular complexity index is 216. The Morgan fingerprint density at radius 1 is 1.33 bits per heavy atom. The number of rotatable bonds is 4. The molecular weight excluding hydrogens is 190 g/mol. The maximum absolute atomic E-state index is 11.4. The van der Waals surface area contributed by atoms with E-state index in [2.05, 4.69) is 11.8 Å². The van der Waals surface area contributed by atoms with Crippen molar-refractivity contribution in [1.29, 1.82) is 0 Å². The van der Waals surface area contributed by atoms with Crippen LogP contribution in [0.15, 0.2) is 0 Å². The van der Waals surface area contributed by atoms with Crippen LogP contribution in [0.3, 0.4) is 0 Å². The minimum atomic E-state index is -0.651. The highest BCUT2D eigenvalue weighted by molar-refractivity contribution is 5.78. The lowest BCUT2D eigenvalue weighted by atomic mass is 9.87. The van der Waals surface area contributed by atoms with Gasteiger partial charge in [0.15, 0.2) is 0 Å². The lowest BCUT2D eigenvalue weighted by Crippen LogP contribution is -2.56. The van der Waals surface area contributed by atoms with Gasteiger partial charge >= 0.3 is 5.97 Å². The molecule has 0 radical (unpaired) electrons. The van der Waals surface area contributed by atoms with E-state index < -0.39 is 11.5 Å². The molecule has 0 aromatic heterocycles. The van der Waals surface area contributed by atoms with Gasteiger partial charge in [0.25, 0.3) is 0 Å². The van der Waals surface area contributed by atoms with E-state index in [1.54, 1.807) is 0 Å². The van der Waals surface area contributed by atoms with Crippen molar-refractivity contribution >= 4 is 5.97 Å². The number of likely N-dealkylation sites (tertiary alicyclic amines) is 1. The molecule has 1 N–H and O–H groups in total. The lowest BCUT2D eigenvalue weighted by molar-refractivity contribution is -0.153. The number of carboxylic acid groups (broad SMARTS) is 1. The summed E-state index contributed by atoms with van der Waals surface area (Å²) in [6, 6.07) is 0. The van der Waals surface area contributed by atoms with E-state index >= 15 is 0 Å². The summed E-state index contributed by atoms with van der Waals surface area (Å²) in [6.07, 6.45) is 3.67. The molecule has 88 valence electrons. The van der Waals surface area contributed by atoms with Crippen LogP contribution < -0.4 is 0 Å². The summed E-state index contributed by atoms with van der Waals surface area (Å²) >= 11 is 0. The number of hydrogen-bond donors (Lipinski definition) is 1. The van der Waals surface area contributed by atoms with Gasteiger partial charge < -0.3 is 5.11 Å². The lowest BCUT2D eigenvalue weighted by Gasteiger charge is -2.43. The molecule has 0 aliphatic carbocycles. The first kappa shape index (κ1) is 12.5. The molecule has 15 heavy (non-hydrogen) atoms. The highest BCUT2D eigenvalue weighted by Crippen LogP contribution is 2.29. The normalized spacial score (nSPS) is 20.5. The Morgan fingerprint density at radius 3 is 2.13 bits per heavy atom. The summed E-state index contributed by atoms with van der Waals surface area (Å²) < 4.78 is 0. The summed E-state index contributed by atoms with van der Waals surface area (Å²) in [5.74, 6) is 0.100. The molecule has 3 heteroatoms. The van der Waals surface area contributed by atoms with Crippen LogP contribution in [0.25, 0.3) is 0 Å². The van der Waals surface area contributed by atoms with E-state index in [0.717, 1.165) is 31.8 Å². The van der Waals surface area contributed by atoms with Crippen LogP contribution in [0, 0.1) is 5.92 Å². The Kier molecular flexibility index (Phi) is 4.14. The molecule has 0 unspecified atom stereocenters. The highest BCUT2D eigenvalue weighted by atomic mass is 16.4. The average Bonchev–Trinajstić information content (AvgIpc) is 2.22. The van der Waals surface area contributed by atoms with Crippen molar-refractivity contribution in [3.8, 4) is 0 Å². The quantitative estimate of drug-likeness (QED) is 0.779. The second kappa shape index (κ2) is 4.97. The molecule has 1 fully saturated rings. The van der Waals surface area contributed by atoms with Gasteiger partial charge in [-0.05, 0) is 44.7 Å². The number of carboxylic acids is 1. The first-order chi connectivity index (χ1) is 7.06. The van der Waals surface area contributed by atoms with Crippen molar-refractivity contribution in [3.05, 3.63) is 0 Å². The number of carbonyl (C=O) groups is 1. The van der Waals surface area contributed by atoms with Gasteiger partial charge in [-0.1, -0.05) is 20.8 Å². The van der Waals surface area contributed by atoms with Crippen molar-refractivity contribution in [3.63, 3.8) is 0 Å². The third-order valence-electron chi connectivity index (χ3n) is 3.96. The maximum atomic E-state index is 11.4. The minimum Gasteiger partial charge on any atom is -0.480 e. The van der Waals surface area contributed by atoms with Crippen molar-refractivity contribution < 1.29 is 9.90 Å². The summed E-state index contributed by atoms with van der Waals surface area (Å²) in [4.78, 5) is 13.6. The van der Waals surface area contributed by atoms with Crippen LogP contribution in [0.2, 0.25) is 0 Å². The molecule has 0 amide bonds. The van der Waals surface area contributed by atoms with Gasteiger partial charge in [0, 0.05) is 0 Å². The van der Waals surface area contributed by atoms with Crippen LogP contribution in [-0.2, 0) is 4.79 Å². The highest BCUT2D eigenvalue weighted by Gasteiger charge is 2.41. The van der Waals surface area contributed by atoms with Crippen molar-refractivity contribution in [2.45, 2.75) is 52.0 Å². The fourth-order valence-corrected chi connectivity index (χ4v) is 2.57. The predicted molar refractivity (Wildman–Crippen MR) is 60.9 cm³/mol. The second-order valence-electron chi connectivity index (χ2n) is 4.71. The Labute approximate surface area is 92.5 Å². The number of aliphatic carboxylic acids is 1. The Balaban J connectivity index is 2.76. The third kappa shape index (κ3) is 2.33. The van der Waals surface area contributed by atoms with E-state index in [1.807, 2.05) is 13.8 Å². The molecular formula is C12H23NO2. The fourth-order valence-electron chi connectivity index (χ4n) is 2.57. The fraction of sp³-hybridized carbons (Fsp3) is 0.917. The number of nitrogens with zero attached hydrogens (tertiary/aromatic N) is 1. The SMILES string of the molecule is CCC(CC)(C(=O)O)N1CCC(C)CC1. The van der Waals surface area contributed by atoms with Crippen LogP contribution in [0.5, 0.6) is 0 Å². The molecule has 1 heterocycles. The van der Waals surface area contributed by atoms with Crippen molar-refractivity contribution in [1.82, 2.24) is 4.90 Å². The molecule has 0 aromatic rings. The zero-order valence-electron chi connectivity index (χ0n) is 10.1. The first-order valence-corrected chi connectivity index (χ1v) is 6.05. The Hall–Kier alpha value is -0.570. The van der Waals surface area contributed by atoms with Crippen LogP contribution in [0.1, 0.15) is 46.5 Å². The van der Waals surface area contributed by atoms with Gasteiger partial charge in [0.2, 0.25) is 0 Å². The summed E-state index contributed by atoms with van der Waals surface area (Å²) in [7, 11) is 0. The zero-order valence-corrected chi connectivity index (χ0v) is 10.1. The second-order valence-corrected chi connectivity index (χ2v) is 4.71. The summed E-state index contributed by atoms with van der Waals surface area (Å²) in [5, 5.41) is 9.40. The average molecular weight is 213 g/mol. The van der Waals surface area contributed by atoms with Crippen LogP contribution in [0.4, 0.5) is 0 Å². The van der Waals surface area contributed by atoms with Gasteiger partial charge in [-0.2, -0.15) is 0 Å². The third-order valence-corrected chi connectivity index (χ3v) is 3.96. The molecule has 0 saturated carbocycles. The van der Waals surface area contributed by atoms with E-state index in [4.69, 9.17) is 0 Å². The predicted octanol–water partition coefficient (Wildman–Crippen LogP) is 2.36. The van der Waals surface area contributed by atoms with E-state index in [0.29, 0.717) is 12.8 Å². The minimum absolute atomic E-state index is 0.611. The molecule has 0 bridgehead atoms. The number of piperidine rings is 1. The van der Waals surface area contributed by atoms with Crippen molar-refractivity contribution in [2.24, 2.45) is 5.92 Å². The van der Waals surface area contributed by atoms with Gasteiger partial charge in [0.05, 0.1) is 0 Å².